The van der Waals surface area contributed by atoms with E-state index >= 15 is 0 Å². The average molecular weight is 207 g/mol. The summed E-state index contributed by atoms with van der Waals surface area (Å²) in [6.45, 7) is 1.81. The van der Waals surface area contributed by atoms with Crippen LogP contribution >= 0.6 is 11.3 Å². The first-order valence-electron chi connectivity index (χ1n) is 3.99. The van der Waals surface area contributed by atoms with Crippen molar-refractivity contribution in [2.24, 2.45) is 0 Å². The zero-order valence-corrected chi connectivity index (χ0v) is 8.73. The Morgan fingerprint density at radius 2 is 2.43 bits per heavy atom. The molecule has 0 spiro atoms. The molecule has 1 aromatic heterocycles. The first-order valence-corrected chi connectivity index (χ1v) is 4.81. The van der Waals surface area contributed by atoms with Crippen LogP contribution in [0.2, 0.25) is 0 Å². The molecule has 0 saturated carbocycles. The molecular formula is C9H9N3OS. The molecule has 0 saturated heterocycles. The average Bonchev–Trinajstić information content (AvgIpc) is 2.56. The minimum Gasteiger partial charge on any atom is -0.365 e. The predicted octanol–water partition coefficient (Wildman–Crippen LogP) is 1.62. The number of hydrogen-bond acceptors (Lipinski definition) is 5. The number of nitriles is 1. The fourth-order valence-electron chi connectivity index (χ4n) is 1.03. The molecule has 72 valence electrons. The van der Waals surface area contributed by atoms with Crippen molar-refractivity contribution in [2.45, 2.75) is 13.3 Å². The van der Waals surface area contributed by atoms with Crippen LogP contribution in [0.15, 0.2) is 0 Å². The molecule has 14 heavy (non-hydrogen) atoms. The maximum atomic E-state index is 10.6. The molecule has 1 heterocycles. The van der Waals surface area contributed by atoms with Crippen molar-refractivity contribution in [3.63, 3.8) is 0 Å². The summed E-state index contributed by atoms with van der Waals surface area (Å²) in [6.07, 6.45) is 0.0791. The number of nitrogens with one attached hydrogen (secondary N) is 1. The van der Waals surface area contributed by atoms with Gasteiger partial charge in [-0.15, -0.1) is 0 Å². The summed E-state index contributed by atoms with van der Waals surface area (Å²) < 4.78 is 0. The summed E-state index contributed by atoms with van der Waals surface area (Å²) >= 11 is 1.36. The summed E-state index contributed by atoms with van der Waals surface area (Å²) in [5.41, 5.74) is 1.14. The van der Waals surface area contributed by atoms with Gasteiger partial charge in [-0.25, -0.2) is 9.78 Å². The van der Waals surface area contributed by atoms with Crippen molar-refractivity contribution < 1.29 is 4.79 Å². The van der Waals surface area contributed by atoms with Crippen LogP contribution in [0.3, 0.4) is 0 Å². The third kappa shape index (κ3) is 1.99. The first kappa shape index (κ1) is 10.5. The standard InChI is InChI=1S/C9H9N3OS/c1-6-8(7(5-13)3-4-10)14-9(11-2)12-6/h3H2,1-2H3,(H,11,12). The van der Waals surface area contributed by atoms with Crippen LogP contribution in [0.5, 0.6) is 0 Å². The molecular weight excluding hydrogens is 198 g/mol. The van der Waals surface area contributed by atoms with Crippen LogP contribution < -0.4 is 5.32 Å². The first-order chi connectivity index (χ1) is 6.72. The summed E-state index contributed by atoms with van der Waals surface area (Å²) in [6, 6.07) is 1.93. The minimum atomic E-state index is 0.0791. The number of allylic oxidation sites excluding steroid dienone is 1. The fourth-order valence-corrected chi connectivity index (χ4v) is 1.93. The minimum absolute atomic E-state index is 0.0791. The van der Waals surface area contributed by atoms with E-state index < -0.39 is 0 Å². The van der Waals surface area contributed by atoms with Crippen molar-refractivity contribution in [3.8, 4) is 6.07 Å². The van der Waals surface area contributed by atoms with E-state index in [1.165, 1.54) is 11.3 Å². The van der Waals surface area contributed by atoms with Gasteiger partial charge in [0.25, 0.3) is 0 Å². The zero-order chi connectivity index (χ0) is 10.6. The maximum absolute atomic E-state index is 10.6. The van der Waals surface area contributed by atoms with E-state index in [1.54, 1.807) is 19.9 Å². The summed E-state index contributed by atoms with van der Waals surface area (Å²) in [7, 11) is 1.76. The molecule has 0 radical (unpaired) electrons. The molecule has 0 aliphatic carbocycles. The van der Waals surface area contributed by atoms with Gasteiger partial charge in [-0.1, -0.05) is 11.3 Å². The second-order valence-electron chi connectivity index (χ2n) is 2.60. The Hall–Kier alpha value is -1.63. The van der Waals surface area contributed by atoms with E-state index in [0.717, 1.165) is 15.7 Å². The van der Waals surface area contributed by atoms with Crippen molar-refractivity contribution in [1.82, 2.24) is 4.98 Å². The van der Waals surface area contributed by atoms with Gasteiger partial charge < -0.3 is 5.32 Å². The van der Waals surface area contributed by atoms with Gasteiger partial charge in [0.15, 0.2) is 5.13 Å². The van der Waals surface area contributed by atoms with E-state index in [4.69, 9.17) is 5.26 Å². The number of aryl methyl sites for hydroxylation is 1. The molecule has 0 atom stereocenters. The molecule has 0 unspecified atom stereocenters. The lowest BCUT2D eigenvalue weighted by atomic mass is 10.2. The van der Waals surface area contributed by atoms with Crippen LogP contribution in [-0.2, 0) is 4.79 Å². The number of nitrogens with zero attached hydrogens (tertiary/aromatic N) is 2. The molecule has 0 fully saturated rings. The topological polar surface area (TPSA) is 65.8 Å². The smallest absolute Gasteiger partial charge is 0.183 e. The Balaban J connectivity index is 3.12. The quantitative estimate of drug-likeness (QED) is 0.765. The van der Waals surface area contributed by atoms with Crippen LogP contribution in [0.25, 0.3) is 5.57 Å². The molecule has 1 rings (SSSR count). The van der Waals surface area contributed by atoms with Gasteiger partial charge in [-0.2, -0.15) is 5.26 Å². The van der Waals surface area contributed by atoms with Crippen LogP contribution in [0.1, 0.15) is 17.0 Å². The Kier molecular flexibility index (Phi) is 3.41. The number of aromatic nitrogens is 1. The van der Waals surface area contributed by atoms with Crippen molar-refractivity contribution in [1.29, 1.82) is 5.26 Å². The molecule has 1 aromatic rings. The van der Waals surface area contributed by atoms with Crippen molar-refractivity contribution in [2.75, 3.05) is 12.4 Å². The largest absolute Gasteiger partial charge is 0.365 e. The molecule has 0 aliphatic rings. The van der Waals surface area contributed by atoms with E-state index in [9.17, 15) is 4.79 Å². The molecule has 0 aromatic carbocycles. The lowest BCUT2D eigenvalue weighted by Crippen LogP contribution is -1.85. The number of hydrogen-bond donors (Lipinski definition) is 1. The fraction of sp³-hybridized carbons (Fsp3) is 0.333. The summed E-state index contributed by atoms with van der Waals surface area (Å²) in [5, 5.41) is 12.1. The molecule has 1 N–H and O–H groups in total. The Labute approximate surface area is 85.9 Å². The predicted molar refractivity (Wildman–Crippen MR) is 55.7 cm³/mol. The van der Waals surface area contributed by atoms with Gasteiger partial charge in [-0.05, 0) is 6.92 Å². The number of anilines is 1. The Bertz CT molecular complexity index is 424. The van der Waals surface area contributed by atoms with Gasteiger partial charge in [0, 0.05) is 7.05 Å². The van der Waals surface area contributed by atoms with E-state index in [2.05, 4.69) is 10.3 Å². The number of carbonyl (C=O) groups excluding carboxylic acids is 1. The normalized spacial score (nSPS) is 8.93. The molecule has 0 bridgehead atoms. The lowest BCUT2D eigenvalue weighted by Gasteiger charge is -1.92. The summed E-state index contributed by atoms with van der Waals surface area (Å²) in [5.74, 6) is 1.78. The zero-order valence-electron chi connectivity index (χ0n) is 7.92. The SMILES string of the molecule is CNc1nc(C)c(C(=C=O)CC#N)s1. The van der Waals surface area contributed by atoms with Crippen LogP contribution in [0.4, 0.5) is 5.13 Å². The van der Waals surface area contributed by atoms with Gasteiger partial charge in [-0.3, -0.25) is 0 Å². The van der Waals surface area contributed by atoms with E-state index in [-0.39, 0.29) is 6.42 Å². The molecule has 5 heteroatoms. The lowest BCUT2D eigenvalue weighted by molar-refractivity contribution is 0.569. The Morgan fingerprint density at radius 3 is 2.86 bits per heavy atom. The number of thiazole rings is 1. The molecule has 0 amide bonds. The van der Waals surface area contributed by atoms with Gasteiger partial charge >= 0.3 is 0 Å². The second-order valence-corrected chi connectivity index (χ2v) is 3.60. The number of rotatable bonds is 3. The third-order valence-corrected chi connectivity index (χ3v) is 2.90. The van der Waals surface area contributed by atoms with Crippen molar-refractivity contribution >= 4 is 28.0 Å². The maximum Gasteiger partial charge on any atom is 0.183 e. The summed E-state index contributed by atoms with van der Waals surface area (Å²) in [4.78, 5) is 15.5. The van der Waals surface area contributed by atoms with Gasteiger partial charge in [0.05, 0.1) is 28.6 Å². The molecule has 4 nitrogen and oxygen atoms in total. The highest BCUT2D eigenvalue weighted by atomic mass is 32.1. The highest BCUT2D eigenvalue weighted by molar-refractivity contribution is 7.16. The Morgan fingerprint density at radius 1 is 1.71 bits per heavy atom. The van der Waals surface area contributed by atoms with E-state index in [0.29, 0.717) is 5.57 Å². The highest BCUT2D eigenvalue weighted by Crippen LogP contribution is 2.28. The van der Waals surface area contributed by atoms with Crippen molar-refractivity contribution in [3.05, 3.63) is 10.6 Å². The highest BCUT2D eigenvalue weighted by Gasteiger charge is 2.11. The van der Waals surface area contributed by atoms with Crippen LogP contribution in [0, 0.1) is 18.3 Å². The molecule has 0 aliphatic heterocycles. The monoisotopic (exact) mass is 207 g/mol. The third-order valence-electron chi connectivity index (χ3n) is 1.66. The van der Waals surface area contributed by atoms with E-state index in [1.807, 2.05) is 6.07 Å². The van der Waals surface area contributed by atoms with Gasteiger partial charge in [0.2, 0.25) is 0 Å². The van der Waals surface area contributed by atoms with Crippen LogP contribution in [-0.4, -0.2) is 18.0 Å². The second kappa shape index (κ2) is 4.56. The van der Waals surface area contributed by atoms with Gasteiger partial charge in [0.1, 0.15) is 5.94 Å².